The average molecular weight is 456 g/mol. The number of hydrogen-bond donors (Lipinski definition) is 1. The Bertz CT molecular complexity index is 1310. The van der Waals surface area contributed by atoms with Crippen molar-refractivity contribution in [2.45, 2.75) is 39.2 Å². The summed E-state index contributed by atoms with van der Waals surface area (Å²) in [6.45, 7) is 4.24. The van der Waals surface area contributed by atoms with E-state index in [-0.39, 0.29) is 42.6 Å². The number of Topliss-reactive ketones (excluding diaryl/α,β-unsaturated/α-hetero) is 1. The molecule has 0 aliphatic carbocycles. The molecule has 0 amide bonds. The van der Waals surface area contributed by atoms with Crippen LogP contribution >= 0.6 is 0 Å². The Morgan fingerprint density at radius 2 is 1.91 bits per heavy atom. The Morgan fingerprint density at radius 3 is 2.55 bits per heavy atom. The zero-order valence-electron chi connectivity index (χ0n) is 18.3. The third kappa shape index (κ3) is 4.21. The molecule has 3 heterocycles. The fourth-order valence-corrected chi connectivity index (χ4v) is 3.60. The van der Waals surface area contributed by atoms with Crippen molar-refractivity contribution in [1.82, 2.24) is 19.6 Å². The van der Waals surface area contributed by atoms with Crippen LogP contribution in [0.5, 0.6) is 5.75 Å². The zero-order chi connectivity index (χ0) is 23.8. The van der Waals surface area contributed by atoms with Crippen molar-refractivity contribution >= 4 is 11.4 Å². The summed E-state index contributed by atoms with van der Waals surface area (Å²) in [6, 6.07) is 6.84. The van der Waals surface area contributed by atoms with Crippen LogP contribution in [-0.2, 0) is 12.0 Å². The van der Waals surface area contributed by atoms with E-state index >= 15 is 0 Å². The highest BCUT2D eigenvalue weighted by atomic mass is 19.1. The van der Waals surface area contributed by atoms with E-state index in [1.54, 1.807) is 43.5 Å². The number of hydrogen-bond acceptors (Lipinski definition) is 7. The van der Waals surface area contributed by atoms with E-state index in [0.717, 1.165) is 12.1 Å². The van der Waals surface area contributed by atoms with E-state index in [1.807, 2.05) is 0 Å². The van der Waals surface area contributed by atoms with Crippen molar-refractivity contribution in [3.05, 3.63) is 76.9 Å². The summed E-state index contributed by atoms with van der Waals surface area (Å²) >= 11 is 0. The number of nitrogens with zero attached hydrogens (tertiary/aromatic N) is 4. The van der Waals surface area contributed by atoms with Crippen LogP contribution in [0.3, 0.4) is 0 Å². The van der Waals surface area contributed by atoms with Gasteiger partial charge in [-0.2, -0.15) is 0 Å². The minimum Gasteiger partial charge on any atom is -0.485 e. The second kappa shape index (κ2) is 8.70. The third-order valence-corrected chi connectivity index (χ3v) is 5.43. The van der Waals surface area contributed by atoms with Crippen LogP contribution in [0.2, 0.25) is 0 Å². The Kier molecular flexibility index (Phi) is 5.94. The van der Waals surface area contributed by atoms with Gasteiger partial charge in [-0.1, -0.05) is 6.07 Å². The molecule has 0 bridgehead atoms. The van der Waals surface area contributed by atoms with Gasteiger partial charge in [-0.3, -0.25) is 9.20 Å². The van der Waals surface area contributed by atoms with Crippen molar-refractivity contribution in [2.75, 3.05) is 6.61 Å². The Morgan fingerprint density at radius 1 is 1.18 bits per heavy atom. The maximum absolute atomic E-state index is 14.0. The van der Waals surface area contributed by atoms with Crippen LogP contribution in [-0.4, -0.2) is 37.1 Å². The molecule has 0 spiro atoms. The molecule has 1 atom stereocenters. The maximum atomic E-state index is 14.0. The molecule has 0 saturated carbocycles. The number of ether oxygens (including phenoxy) is 1. The first-order valence-electron chi connectivity index (χ1n) is 10.2. The molecule has 0 fully saturated rings. The fraction of sp³-hybridized carbons (Fsp3) is 0.304. The van der Waals surface area contributed by atoms with Crippen LogP contribution in [0.15, 0.2) is 40.9 Å². The molecule has 172 valence electrons. The summed E-state index contributed by atoms with van der Waals surface area (Å²) in [5.41, 5.74) is -0.216. The molecule has 4 rings (SSSR count). The first-order chi connectivity index (χ1) is 15.7. The van der Waals surface area contributed by atoms with Gasteiger partial charge in [-0.15, -0.1) is 10.2 Å². The number of aliphatic hydroxyl groups is 1. The van der Waals surface area contributed by atoms with Crippen molar-refractivity contribution in [3.63, 3.8) is 0 Å². The molecule has 1 N–H and O–H groups in total. The zero-order valence-corrected chi connectivity index (χ0v) is 18.3. The largest absolute Gasteiger partial charge is 0.485 e. The van der Waals surface area contributed by atoms with Crippen molar-refractivity contribution in [3.8, 4) is 5.75 Å². The minimum atomic E-state index is -1.08. The number of pyridine rings is 1. The highest BCUT2D eigenvalue weighted by Crippen LogP contribution is 2.30. The minimum absolute atomic E-state index is 0.106. The Balaban J connectivity index is 1.64. The topological polar surface area (TPSA) is 103 Å². The van der Waals surface area contributed by atoms with Gasteiger partial charge in [0, 0.05) is 19.5 Å². The molecular formula is C23H22F2N4O4. The predicted octanol–water partition coefficient (Wildman–Crippen LogP) is 3.71. The molecule has 1 aromatic carbocycles. The third-order valence-electron chi connectivity index (χ3n) is 5.43. The predicted molar refractivity (Wildman–Crippen MR) is 113 cm³/mol. The SMILES string of the molecule is Cc1nnc([C@](C)(CO)CC(=O)c2c(C)nc3c(OCc4c(F)cccc4F)cccn23)o1. The molecule has 8 nitrogen and oxygen atoms in total. The highest BCUT2D eigenvalue weighted by Gasteiger charge is 2.36. The van der Waals surface area contributed by atoms with Crippen LogP contribution in [0.25, 0.3) is 5.65 Å². The van der Waals surface area contributed by atoms with Crippen LogP contribution in [0.4, 0.5) is 8.78 Å². The van der Waals surface area contributed by atoms with Gasteiger partial charge in [0.1, 0.15) is 23.9 Å². The Labute approximate surface area is 187 Å². The summed E-state index contributed by atoms with van der Waals surface area (Å²) in [7, 11) is 0. The van der Waals surface area contributed by atoms with E-state index in [1.165, 1.54) is 6.07 Å². The van der Waals surface area contributed by atoms with Gasteiger partial charge in [-0.25, -0.2) is 13.8 Å². The number of benzene rings is 1. The van der Waals surface area contributed by atoms with Gasteiger partial charge in [0.25, 0.3) is 0 Å². The number of aryl methyl sites for hydroxylation is 2. The van der Waals surface area contributed by atoms with Gasteiger partial charge in [0.05, 0.1) is 23.3 Å². The lowest BCUT2D eigenvalue weighted by Gasteiger charge is -2.22. The summed E-state index contributed by atoms with van der Waals surface area (Å²) in [4.78, 5) is 17.7. The molecule has 3 aromatic heterocycles. The smallest absolute Gasteiger partial charge is 0.225 e. The molecule has 0 radical (unpaired) electrons. The van der Waals surface area contributed by atoms with Gasteiger partial charge in [-0.05, 0) is 38.1 Å². The quantitative estimate of drug-likeness (QED) is 0.403. The molecule has 0 aliphatic rings. The number of rotatable bonds is 8. The van der Waals surface area contributed by atoms with E-state index in [0.29, 0.717) is 22.9 Å². The van der Waals surface area contributed by atoms with Gasteiger partial charge < -0.3 is 14.3 Å². The standard InChI is InChI=1S/C23H22F2N4O4/c1-13-20(18(31)10-23(3,12-30)22-28-27-14(2)33-22)29-9-5-8-19(21(29)26-13)32-11-15-16(24)6-4-7-17(15)25/h4-9,30H,10-12H2,1-3H3/t23-/m0/s1. The summed E-state index contributed by atoms with van der Waals surface area (Å²) in [6.07, 6.45) is 1.54. The van der Waals surface area contributed by atoms with Crippen molar-refractivity contribution in [1.29, 1.82) is 0 Å². The number of halogens is 2. The van der Waals surface area contributed by atoms with Crippen LogP contribution in [0, 0.1) is 25.5 Å². The molecule has 10 heteroatoms. The average Bonchev–Trinajstić information content (AvgIpc) is 3.36. The summed E-state index contributed by atoms with van der Waals surface area (Å²) in [5, 5.41) is 17.7. The molecule has 4 aromatic rings. The molecule has 33 heavy (non-hydrogen) atoms. The van der Waals surface area contributed by atoms with E-state index in [4.69, 9.17) is 9.15 Å². The number of carbonyl (C=O) groups excluding carboxylic acids is 1. The van der Waals surface area contributed by atoms with E-state index < -0.39 is 17.0 Å². The maximum Gasteiger partial charge on any atom is 0.225 e. The molecule has 0 unspecified atom stereocenters. The first-order valence-corrected chi connectivity index (χ1v) is 10.2. The van der Waals surface area contributed by atoms with Gasteiger partial charge >= 0.3 is 0 Å². The first kappa shape index (κ1) is 22.5. The van der Waals surface area contributed by atoms with Crippen LogP contribution in [0.1, 0.15) is 46.9 Å². The number of imidazole rings is 1. The normalized spacial score (nSPS) is 13.3. The number of carbonyl (C=O) groups is 1. The number of fused-ring (bicyclic) bond motifs is 1. The molecular weight excluding hydrogens is 434 g/mol. The number of ketones is 1. The van der Waals surface area contributed by atoms with E-state index in [2.05, 4.69) is 15.2 Å². The Hall–Kier alpha value is -3.66. The number of aliphatic hydroxyl groups excluding tert-OH is 1. The molecule has 0 saturated heterocycles. The second-order valence-electron chi connectivity index (χ2n) is 8.05. The fourth-order valence-electron chi connectivity index (χ4n) is 3.60. The van der Waals surface area contributed by atoms with Gasteiger partial charge in [0.2, 0.25) is 11.8 Å². The summed E-state index contributed by atoms with van der Waals surface area (Å²) in [5.74, 6) is -0.965. The summed E-state index contributed by atoms with van der Waals surface area (Å²) < 4.78 is 40.6. The monoisotopic (exact) mass is 456 g/mol. The number of aromatic nitrogens is 4. The second-order valence-corrected chi connectivity index (χ2v) is 8.05. The van der Waals surface area contributed by atoms with Crippen molar-refractivity contribution in [2.24, 2.45) is 0 Å². The van der Waals surface area contributed by atoms with E-state index in [9.17, 15) is 18.7 Å². The van der Waals surface area contributed by atoms with Gasteiger partial charge in [0.15, 0.2) is 17.2 Å². The van der Waals surface area contributed by atoms with Crippen molar-refractivity contribution < 1.29 is 27.8 Å². The highest BCUT2D eigenvalue weighted by molar-refractivity contribution is 5.97. The lowest BCUT2D eigenvalue weighted by Crippen LogP contribution is -2.31. The lowest BCUT2D eigenvalue weighted by molar-refractivity contribution is 0.0888. The van der Waals surface area contributed by atoms with Crippen LogP contribution < -0.4 is 4.74 Å². The molecule has 0 aliphatic heterocycles. The lowest BCUT2D eigenvalue weighted by atomic mass is 9.84.